The molecule has 0 aliphatic heterocycles. The topological polar surface area (TPSA) is 22.4 Å². The zero-order chi connectivity index (χ0) is 12.4. The van der Waals surface area contributed by atoms with Crippen LogP contribution in [0.15, 0.2) is 59.0 Å². The van der Waals surface area contributed by atoms with Crippen molar-refractivity contribution in [1.82, 2.24) is 0 Å². The summed E-state index contributed by atoms with van der Waals surface area (Å²) in [5.41, 5.74) is 0.825. The molecule has 18 heavy (non-hydrogen) atoms. The van der Waals surface area contributed by atoms with Crippen molar-refractivity contribution in [2.45, 2.75) is 6.61 Å². The van der Waals surface area contributed by atoms with E-state index in [0.717, 1.165) is 22.5 Å². The Bertz CT molecular complexity index is 659. The molecular weight excluding hydrogens is 248 g/mol. The minimum atomic E-state index is 0.413. The molecule has 0 spiro atoms. The van der Waals surface area contributed by atoms with E-state index in [1.54, 1.807) is 0 Å². The number of fused-ring (bicyclic) bond motifs is 1. The highest BCUT2D eigenvalue weighted by atomic mass is 35.5. The van der Waals surface area contributed by atoms with E-state index in [0.29, 0.717) is 11.6 Å². The standard InChI is InChI=1S/C15H11ClO2/c16-12-6-7-15-11(8-12)9-14(18-15)10-17-13-4-2-1-3-5-13/h1-9H,10H2. The van der Waals surface area contributed by atoms with Gasteiger partial charge >= 0.3 is 0 Å². The molecule has 0 atom stereocenters. The maximum absolute atomic E-state index is 5.93. The molecule has 0 aliphatic rings. The van der Waals surface area contributed by atoms with Gasteiger partial charge in [-0.3, -0.25) is 0 Å². The van der Waals surface area contributed by atoms with E-state index in [4.69, 9.17) is 20.8 Å². The zero-order valence-corrected chi connectivity index (χ0v) is 10.4. The molecule has 0 fully saturated rings. The Labute approximate surface area is 110 Å². The predicted molar refractivity (Wildman–Crippen MR) is 72.0 cm³/mol. The summed E-state index contributed by atoms with van der Waals surface area (Å²) in [5.74, 6) is 1.62. The summed E-state index contributed by atoms with van der Waals surface area (Å²) >= 11 is 5.93. The maximum atomic E-state index is 5.93. The first kappa shape index (κ1) is 11.2. The molecule has 3 heteroatoms. The molecule has 0 N–H and O–H groups in total. The number of hydrogen-bond donors (Lipinski definition) is 0. The van der Waals surface area contributed by atoms with Crippen LogP contribution in [0.5, 0.6) is 5.75 Å². The van der Waals surface area contributed by atoms with Crippen molar-refractivity contribution in [1.29, 1.82) is 0 Å². The third kappa shape index (κ3) is 2.34. The number of rotatable bonds is 3. The minimum absolute atomic E-state index is 0.413. The van der Waals surface area contributed by atoms with Crippen LogP contribution in [0.4, 0.5) is 0 Å². The van der Waals surface area contributed by atoms with Gasteiger partial charge < -0.3 is 9.15 Å². The normalized spacial score (nSPS) is 10.7. The first-order valence-electron chi connectivity index (χ1n) is 5.67. The minimum Gasteiger partial charge on any atom is -0.486 e. The molecule has 0 bridgehead atoms. The van der Waals surface area contributed by atoms with Crippen LogP contribution >= 0.6 is 11.6 Å². The summed E-state index contributed by atoms with van der Waals surface area (Å²) in [7, 11) is 0. The molecular formula is C15H11ClO2. The van der Waals surface area contributed by atoms with Crippen LogP contribution in [0.2, 0.25) is 5.02 Å². The summed E-state index contributed by atoms with van der Waals surface area (Å²) in [5, 5.41) is 1.70. The SMILES string of the molecule is Clc1ccc2oc(COc3ccccc3)cc2c1. The van der Waals surface area contributed by atoms with Crippen molar-refractivity contribution in [2.75, 3.05) is 0 Å². The molecule has 0 saturated heterocycles. The fraction of sp³-hybridized carbons (Fsp3) is 0.0667. The molecule has 1 aromatic heterocycles. The van der Waals surface area contributed by atoms with Gasteiger partial charge in [-0.1, -0.05) is 29.8 Å². The van der Waals surface area contributed by atoms with Crippen molar-refractivity contribution in [2.24, 2.45) is 0 Å². The van der Waals surface area contributed by atoms with Gasteiger partial charge in [0.05, 0.1) is 0 Å². The van der Waals surface area contributed by atoms with Crippen molar-refractivity contribution in [3.63, 3.8) is 0 Å². The third-order valence-corrected chi connectivity index (χ3v) is 2.89. The van der Waals surface area contributed by atoms with E-state index in [1.807, 2.05) is 54.6 Å². The summed E-state index contributed by atoms with van der Waals surface area (Å²) in [4.78, 5) is 0. The number of ether oxygens (including phenoxy) is 1. The number of para-hydroxylation sites is 1. The van der Waals surface area contributed by atoms with Crippen LogP contribution in [-0.4, -0.2) is 0 Å². The van der Waals surface area contributed by atoms with Crippen LogP contribution < -0.4 is 4.74 Å². The van der Waals surface area contributed by atoms with E-state index < -0.39 is 0 Å². The highest BCUT2D eigenvalue weighted by Crippen LogP contribution is 2.23. The number of benzene rings is 2. The van der Waals surface area contributed by atoms with Gasteiger partial charge in [0, 0.05) is 10.4 Å². The van der Waals surface area contributed by atoms with Crippen molar-refractivity contribution < 1.29 is 9.15 Å². The van der Waals surface area contributed by atoms with E-state index in [-0.39, 0.29) is 0 Å². The van der Waals surface area contributed by atoms with E-state index in [2.05, 4.69) is 0 Å². The summed E-state index contributed by atoms with van der Waals surface area (Å²) in [6.45, 7) is 0.413. The summed E-state index contributed by atoms with van der Waals surface area (Å²) in [6.07, 6.45) is 0. The van der Waals surface area contributed by atoms with Gasteiger partial charge in [-0.15, -0.1) is 0 Å². The highest BCUT2D eigenvalue weighted by molar-refractivity contribution is 6.31. The molecule has 0 aliphatic carbocycles. The third-order valence-electron chi connectivity index (χ3n) is 2.65. The van der Waals surface area contributed by atoms with Crippen LogP contribution in [0, 0.1) is 0 Å². The lowest BCUT2D eigenvalue weighted by molar-refractivity contribution is 0.274. The molecule has 0 amide bonds. The van der Waals surface area contributed by atoms with Gasteiger partial charge in [-0.25, -0.2) is 0 Å². The van der Waals surface area contributed by atoms with Crippen LogP contribution in [0.1, 0.15) is 5.76 Å². The Balaban J connectivity index is 1.79. The smallest absolute Gasteiger partial charge is 0.146 e. The molecule has 0 saturated carbocycles. The Kier molecular flexibility index (Phi) is 2.95. The lowest BCUT2D eigenvalue weighted by atomic mass is 10.2. The van der Waals surface area contributed by atoms with Gasteiger partial charge in [-0.05, 0) is 36.4 Å². The molecule has 0 unspecified atom stereocenters. The van der Waals surface area contributed by atoms with E-state index in [9.17, 15) is 0 Å². The lowest BCUT2D eigenvalue weighted by Gasteiger charge is -2.02. The average molecular weight is 259 g/mol. The lowest BCUT2D eigenvalue weighted by Crippen LogP contribution is -1.92. The van der Waals surface area contributed by atoms with Crippen LogP contribution in [0.25, 0.3) is 11.0 Å². The monoisotopic (exact) mass is 258 g/mol. The molecule has 2 nitrogen and oxygen atoms in total. The molecule has 90 valence electrons. The fourth-order valence-corrected chi connectivity index (χ4v) is 1.99. The summed E-state index contributed by atoms with van der Waals surface area (Å²) < 4.78 is 11.3. The number of halogens is 1. The van der Waals surface area contributed by atoms with Gasteiger partial charge in [0.2, 0.25) is 0 Å². The number of furan rings is 1. The second kappa shape index (κ2) is 4.75. The predicted octanol–water partition coefficient (Wildman–Crippen LogP) is 4.67. The van der Waals surface area contributed by atoms with Gasteiger partial charge in [0.25, 0.3) is 0 Å². The quantitative estimate of drug-likeness (QED) is 0.681. The Morgan fingerprint density at radius 2 is 1.83 bits per heavy atom. The summed E-state index contributed by atoms with van der Waals surface area (Å²) in [6, 6.07) is 17.2. The van der Waals surface area contributed by atoms with Gasteiger partial charge in [0.15, 0.2) is 0 Å². The largest absolute Gasteiger partial charge is 0.486 e. The maximum Gasteiger partial charge on any atom is 0.146 e. The van der Waals surface area contributed by atoms with Crippen molar-refractivity contribution >= 4 is 22.6 Å². The van der Waals surface area contributed by atoms with E-state index in [1.165, 1.54) is 0 Å². The second-order valence-electron chi connectivity index (χ2n) is 4.00. The van der Waals surface area contributed by atoms with Crippen molar-refractivity contribution in [3.8, 4) is 5.75 Å². The van der Waals surface area contributed by atoms with Crippen molar-refractivity contribution in [3.05, 3.63) is 65.4 Å². The van der Waals surface area contributed by atoms with Gasteiger partial charge in [0.1, 0.15) is 23.7 Å². The Morgan fingerprint density at radius 1 is 1.00 bits per heavy atom. The molecule has 1 heterocycles. The van der Waals surface area contributed by atoms with Crippen LogP contribution in [-0.2, 0) is 6.61 Å². The first-order valence-corrected chi connectivity index (χ1v) is 6.05. The molecule has 3 rings (SSSR count). The first-order chi connectivity index (χ1) is 8.81. The zero-order valence-electron chi connectivity index (χ0n) is 9.60. The average Bonchev–Trinajstić information content (AvgIpc) is 2.79. The van der Waals surface area contributed by atoms with E-state index >= 15 is 0 Å². The molecule has 0 radical (unpaired) electrons. The number of hydrogen-bond acceptors (Lipinski definition) is 2. The Hall–Kier alpha value is -1.93. The highest BCUT2D eigenvalue weighted by Gasteiger charge is 2.04. The Morgan fingerprint density at radius 3 is 2.67 bits per heavy atom. The molecule has 2 aromatic carbocycles. The van der Waals surface area contributed by atoms with Gasteiger partial charge in [-0.2, -0.15) is 0 Å². The molecule has 3 aromatic rings. The van der Waals surface area contributed by atoms with Crippen LogP contribution in [0.3, 0.4) is 0 Å². The fourth-order valence-electron chi connectivity index (χ4n) is 1.81. The second-order valence-corrected chi connectivity index (χ2v) is 4.43.